The van der Waals surface area contributed by atoms with Gasteiger partial charge in [-0.05, 0) is 36.8 Å². The second-order valence-corrected chi connectivity index (χ2v) is 8.37. The third kappa shape index (κ3) is 2.89. The molecule has 0 atom stereocenters. The van der Waals surface area contributed by atoms with Crippen LogP contribution in [0.25, 0.3) is 22.5 Å². The van der Waals surface area contributed by atoms with Crippen molar-refractivity contribution in [2.75, 3.05) is 18.3 Å². The van der Waals surface area contributed by atoms with E-state index in [0.29, 0.717) is 0 Å². The zero-order chi connectivity index (χ0) is 16.5. The Morgan fingerprint density at radius 3 is 2.04 bits per heavy atom. The summed E-state index contributed by atoms with van der Waals surface area (Å²) in [4.78, 5) is 7.52. The first-order valence-corrected chi connectivity index (χ1v) is 11.3. The van der Waals surface area contributed by atoms with E-state index >= 15 is 0 Å². The Morgan fingerprint density at radius 1 is 0.875 bits per heavy atom. The molecule has 0 amide bonds. The minimum Gasteiger partial charge on any atom is -0.318 e. The van der Waals surface area contributed by atoms with E-state index in [0.717, 1.165) is 23.1 Å². The van der Waals surface area contributed by atoms with Crippen molar-refractivity contribution in [3.8, 4) is 22.5 Å². The quantitative estimate of drug-likeness (QED) is 0.543. The van der Waals surface area contributed by atoms with Crippen molar-refractivity contribution in [1.82, 2.24) is 9.55 Å². The summed E-state index contributed by atoms with van der Waals surface area (Å²) in [6.45, 7) is 1.04. The fourth-order valence-corrected chi connectivity index (χ4v) is 4.74. The van der Waals surface area contributed by atoms with E-state index in [1.54, 1.807) is 23.5 Å². The molecule has 24 heavy (non-hydrogen) atoms. The molecule has 0 saturated heterocycles. The van der Waals surface area contributed by atoms with Gasteiger partial charge in [-0.1, -0.05) is 36.0 Å². The second kappa shape index (κ2) is 6.90. The molecule has 1 aromatic heterocycles. The minimum absolute atomic E-state index is 1.04. The van der Waals surface area contributed by atoms with Crippen LogP contribution in [0.15, 0.2) is 63.5 Å². The summed E-state index contributed by atoms with van der Waals surface area (Å²) in [5, 5.41) is 1.14. The maximum Gasteiger partial charge on any atom is 0.169 e. The Bertz CT molecular complexity index is 852. The lowest BCUT2D eigenvalue weighted by atomic mass is 10.0. The van der Waals surface area contributed by atoms with Crippen molar-refractivity contribution < 1.29 is 0 Å². The smallest absolute Gasteiger partial charge is 0.169 e. The Balaban J connectivity index is 1.84. The van der Waals surface area contributed by atoms with Gasteiger partial charge in [0.25, 0.3) is 0 Å². The van der Waals surface area contributed by atoms with Crippen LogP contribution in [0.2, 0.25) is 0 Å². The molecule has 0 N–H and O–H groups in total. The van der Waals surface area contributed by atoms with Gasteiger partial charge in [-0.15, -0.1) is 23.5 Å². The predicted molar refractivity (Wildman–Crippen MR) is 107 cm³/mol. The van der Waals surface area contributed by atoms with Gasteiger partial charge in [-0.2, -0.15) is 0 Å². The van der Waals surface area contributed by atoms with Gasteiger partial charge in [0, 0.05) is 33.2 Å². The van der Waals surface area contributed by atoms with Gasteiger partial charge in [-0.3, -0.25) is 0 Å². The Labute approximate surface area is 155 Å². The number of nitrogens with zero attached hydrogens (tertiary/aromatic N) is 2. The molecule has 5 heteroatoms. The van der Waals surface area contributed by atoms with Crippen LogP contribution in [-0.2, 0) is 6.54 Å². The summed E-state index contributed by atoms with van der Waals surface area (Å²) in [5.74, 6) is 1.12. The van der Waals surface area contributed by atoms with E-state index in [1.165, 1.54) is 26.6 Å². The zero-order valence-electron chi connectivity index (χ0n) is 13.7. The van der Waals surface area contributed by atoms with Crippen molar-refractivity contribution in [2.24, 2.45) is 0 Å². The molecule has 1 aliphatic heterocycles. The van der Waals surface area contributed by atoms with E-state index in [1.807, 2.05) is 11.8 Å². The Kier molecular flexibility index (Phi) is 4.66. The lowest BCUT2D eigenvalue weighted by molar-refractivity contribution is 0.726. The Morgan fingerprint density at radius 2 is 1.46 bits per heavy atom. The third-order valence-electron chi connectivity index (χ3n) is 4.21. The van der Waals surface area contributed by atoms with E-state index < -0.39 is 0 Å². The fourth-order valence-electron chi connectivity index (χ4n) is 2.97. The molecular formula is C19H18N2S3. The van der Waals surface area contributed by atoms with Gasteiger partial charge in [0.15, 0.2) is 5.16 Å². The number of imidazole rings is 1. The fraction of sp³-hybridized carbons (Fsp3) is 0.211. The topological polar surface area (TPSA) is 17.8 Å². The van der Waals surface area contributed by atoms with Crippen LogP contribution in [-0.4, -0.2) is 27.8 Å². The van der Waals surface area contributed by atoms with Crippen LogP contribution in [0, 0.1) is 0 Å². The van der Waals surface area contributed by atoms with E-state index in [9.17, 15) is 0 Å². The normalized spacial score (nSPS) is 13.2. The largest absolute Gasteiger partial charge is 0.318 e. The van der Waals surface area contributed by atoms with Gasteiger partial charge in [0.05, 0.1) is 11.4 Å². The van der Waals surface area contributed by atoms with Crippen LogP contribution in [0.3, 0.4) is 0 Å². The average Bonchev–Trinajstić information content (AvgIpc) is 3.23. The maximum absolute atomic E-state index is 4.95. The molecule has 2 heterocycles. The first-order valence-electron chi connectivity index (χ1n) is 7.82. The molecular weight excluding hydrogens is 352 g/mol. The van der Waals surface area contributed by atoms with Crippen molar-refractivity contribution in [2.45, 2.75) is 21.5 Å². The summed E-state index contributed by atoms with van der Waals surface area (Å²) in [6, 6.07) is 17.6. The zero-order valence-corrected chi connectivity index (χ0v) is 16.1. The van der Waals surface area contributed by atoms with Gasteiger partial charge in [0.2, 0.25) is 0 Å². The summed E-state index contributed by atoms with van der Waals surface area (Å²) in [6.07, 6.45) is 4.22. The monoisotopic (exact) mass is 370 g/mol. The van der Waals surface area contributed by atoms with Crippen molar-refractivity contribution in [1.29, 1.82) is 0 Å². The highest BCUT2D eigenvalue weighted by atomic mass is 32.2. The second-order valence-electron chi connectivity index (χ2n) is 5.55. The number of hydrogen-bond acceptors (Lipinski definition) is 4. The summed E-state index contributed by atoms with van der Waals surface area (Å²) < 4.78 is 2.37. The molecule has 2 nitrogen and oxygen atoms in total. The lowest BCUT2D eigenvalue weighted by Gasteiger charge is -2.09. The number of thioether (sulfide) groups is 3. The molecule has 0 saturated carbocycles. The van der Waals surface area contributed by atoms with E-state index in [2.05, 4.69) is 65.6 Å². The summed E-state index contributed by atoms with van der Waals surface area (Å²) >= 11 is 5.40. The molecule has 3 aromatic rings. The highest BCUT2D eigenvalue weighted by molar-refractivity contribution is 7.99. The number of hydrogen-bond donors (Lipinski definition) is 0. The highest BCUT2D eigenvalue weighted by Crippen LogP contribution is 2.39. The number of fused-ring (bicyclic) bond motifs is 1. The van der Waals surface area contributed by atoms with Crippen LogP contribution >= 0.6 is 35.3 Å². The highest BCUT2D eigenvalue weighted by Gasteiger charge is 2.23. The molecule has 122 valence electrons. The predicted octanol–water partition coefficient (Wildman–Crippen LogP) is 5.77. The van der Waals surface area contributed by atoms with Crippen molar-refractivity contribution in [3.05, 3.63) is 48.5 Å². The van der Waals surface area contributed by atoms with E-state index in [4.69, 9.17) is 4.98 Å². The first kappa shape index (κ1) is 16.2. The van der Waals surface area contributed by atoms with Gasteiger partial charge in [-0.25, -0.2) is 4.98 Å². The molecule has 0 unspecified atom stereocenters. The molecule has 0 bridgehead atoms. The van der Waals surface area contributed by atoms with Crippen LogP contribution < -0.4 is 0 Å². The molecule has 0 spiro atoms. The molecule has 0 aliphatic carbocycles. The number of rotatable bonds is 4. The standard InChI is InChI=1S/C19H18N2S3/c1-22-15-7-3-13(4-8-15)17-18(21-11-12-24-19(21)20-17)14-5-9-16(23-2)10-6-14/h3-10H,11-12H2,1-2H3. The molecule has 4 rings (SSSR count). The SMILES string of the molecule is CSc1ccc(-c2nc3n(c2-c2ccc(SC)cc2)CCS3)cc1. The molecule has 0 fully saturated rings. The Hall–Kier alpha value is -1.30. The van der Waals surface area contributed by atoms with Crippen molar-refractivity contribution >= 4 is 35.3 Å². The van der Waals surface area contributed by atoms with Crippen LogP contribution in [0.1, 0.15) is 0 Å². The first-order chi connectivity index (χ1) is 11.8. The molecule has 0 radical (unpaired) electrons. The van der Waals surface area contributed by atoms with Gasteiger partial charge in [0.1, 0.15) is 0 Å². The van der Waals surface area contributed by atoms with Crippen LogP contribution in [0.4, 0.5) is 0 Å². The molecule has 2 aromatic carbocycles. The average molecular weight is 371 g/mol. The van der Waals surface area contributed by atoms with Crippen molar-refractivity contribution in [3.63, 3.8) is 0 Å². The van der Waals surface area contributed by atoms with Crippen LogP contribution in [0.5, 0.6) is 0 Å². The third-order valence-corrected chi connectivity index (χ3v) is 6.65. The van der Waals surface area contributed by atoms with Gasteiger partial charge >= 0.3 is 0 Å². The molecule has 1 aliphatic rings. The maximum atomic E-state index is 4.95. The van der Waals surface area contributed by atoms with E-state index in [-0.39, 0.29) is 0 Å². The number of benzene rings is 2. The lowest BCUT2D eigenvalue weighted by Crippen LogP contribution is -1.97. The summed E-state index contributed by atoms with van der Waals surface area (Å²) in [7, 11) is 0. The van der Waals surface area contributed by atoms with Gasteiger partial charge < -0.3 is 4.57 Å². The number of aromatic nitrogens is 2. The minimum atomic E-state index is 1.04. The summed E-state index contributed by atoms with van der Waals surface area (Å²) in [5.41, 5.74) is 4.79.